The minimum absolute atomic E-state index is 0.115. The lowest BCUT2D eigenvalue weighted by molar-refractivity contribution is -0.154. The Morgan fingerprint density at radius 1 is 1.12 bits per heavy atom. The molecule has 1 aromatic heterocycles. The van der Waals surface area contributed by atoms with Crippen LogP contribution in [-0.2, 0) is 28.7 Å². The summed E-state index contributed by atoms with van der Waals surface area (Å²) in [6.45, 7) is 0.141. The number of aromatic nitrogens is 1. The van der Waals surface area contributed by atoms with Gasteiger partial charge in [-0.1, -0.05) is 65.8 Å². The molecule has 0 spiro atoms. The van der Waals surface area contributed by atoms with Gasteiger partial charge in [-0.25, -0.2) is 9.78 Å². The highest BCUT2D eigenvalue weighted by atomic mass is 32.2. The molecule has 2 aliphatic heterocycles. The first-order chi connectivity index (χ1) is 19.9. The second-order valence-corrected chi connectivity index (χ2v) is 11.0. The third kappa shape index (κ3) is 5.82. The van der Waals surface area contributed by atoms with Crippen molar-refractivity contribution in [3.63, 3.8) is 0 Å². The predicted molar refractivity (Wildman–Crippen MR) is 155 cm³/mol. The molecule has 0 aliphatic carbocycles. The zero-order valence-electron chi connectivity index (χ0n) is 22.2. The summed E-state index contributed by atoms with van der Waals surface area (Å²) in [6.07, 6.45) is -0.695. The van der Waals surface area contributed by atoms with Crippen LogP contribution in [0.2, 0.25) is 0 Å². The Bertz CT molecular complexity index is 1450. The van der Waals surface area contributed by atoms with Crippen molar-refractivity contribution in [2.75, 3.05) is 32.3 Å². The second kappa shape index (κ2) is 12.5. The maximum Gasteiger partial charge on any atom is 0.356 e. The van der Waals surface area contributed by atoms with Crippen molar-refractivity contribution in [2.45, 2.75) is 17.5 Å². The number of hydrogen-bond donors (Lipinski definition) is 2. The van der Waals surface area contributed by atoms with Crippen LogP contribution in [0.25, 0.3) is 0 Å². The van der Waals surface area contributed by atoms with Crippen molar-refractivity contribution in [2.24, 2.45) is 5.16 Å². The molecule has 0 bridgehead atoms. The van der Waals surface area contributed by atoms with Crippen LogP contribution in [0.3, 0.4) is 0 Å². The number of methoxy groups -OCH3 is 1. The highest BCUT2D eigenvalue weighted by molar-refractivity contribution is 8.00. The number of nitrogen functional groups attached to an aromatic ring is 1. The molecular formula is C28H27N5O6S2. The summed E-state index contributed by atoms with van der Waals surface area (Å²) in [6, 6.07) is 17.9. The third-order valence-corrected chi connectivity index (χ3v) is 8.45. The van der Waals surface area contributed by atoms with Crippen LogP contribution in [0.4, 0.5) is 5.13 Å². The topological polar surface area (TPSA) is 145 Å². The summed E-state index contributed by atoms with van der Waals surface area (Å²) in [5.41, 5.74) is 8.14. The minimum Gasteiger partial charge on any atom is -0.448 e. The normalized spacial score (nSPS) is 18.6. The van der Waals surface area contributed by atoms with Gasteiger partial charge in [-0.2, -0.15) is 0 Å². The number of benzene rings is 2. The summed E-state index contributed by atoms with van der Waals surface area (Å²) in [4.78, 5) is 50.6. The number of ether oxygens (including phenoxy) is 2. The molecule has 2 aromatic carbocycles. The molecule has 3 N–H and O–H groups in total. The van der Waals surface area contributed by atoms with E-state index in [0.29, 0.717) is 11.3 Å². The highest BCUT2D eigenvalue weighted by Crippen LogP contribution is 2.41. The van der Waals surface area contributed by atoms with Gasteiger partial charge in [0.1, 0.15) is 29.9 Å². The van der Waals surface area contributed by atoms with Crippen LogP contribution < -0.4 is 11.1 Å². The Hall–Kier alpha value is -4.20. The first-order valence-corrected chi connectivity index (χ1v) is 14.5. The number of hydrogen-bond acceptors (Lipinski definition) is 11. The molecule has 11 nitrogen and oxygen atoms in total. The quantitative estimate of drug-likeness (QED) is 0.157. The van der Waals surface area contributed by atoms with Crippen molar-refractivity contribution in [1.29, 1.82) is 0 Å². The predicted octanol–water partition coefficient (Wildman–Crippen LogP) is 2.71. The van der Waals surface area contributed by atoms with Gasteiger partial charge < -0.3 is 25.4 Å². The van der Waals surface area contributed by atoms with Crippen LogP contribution in [0, 0.1) is 0 Å². The van der Waals surface area contributed by atoms with Crippen LogP contribution >= 0.6 is 23.1 Å². The lowest BCUT2D eigenvalue weighted by Crippen LogP contribution is -2.71. The number of nitrogens with zero attached hydrogens (tertiary/aromatic N) is 3. The van der Waals surface area contributed by atoms with E-state index in [1.807, 2.05) is 60.7 Å². The van der Waals surface area contributed by atoms with E-state index in [2.05, 4.69) is 15.5 Å². The molecule has 41 heavy (non-hydrogen) atoms. The van der Waals surface area contributed by atoms with Crippen LogP contribution in [0.15, 0.2) is 82.5 Å². The zero-order chi connectivity index (χ0) is 28.9. The molecule has 2 amide bonds. The van der Waals surface area contributed by atoms with Gasteiger partial charge in [-0.15, -0.1) is 23.1 Å². The molecule has 2 aliphatic rings. The van der Waals surface area contributed by atoms with E-state index in [1.165, 1.54) is 30.9 Å². The van der Waals surface area contributed by atoms with E-state index in [0.717, 1.165) is 22.5 Å². The molecule has 0 radical (unpaired) electrons. The zero-order valence-corrected chi connectivity index (χ0v) is 23.8. The standard InChI is InChI=1S/C28H27N5O6S2/c1-37-13-18-14-40-26-21(31-24(34)20(32-38-2)19-15-41-28(29)30-19)25(35)33(26)22(18)27(36)39-23(16-9-5-3-6-10-16)17-11-7-4-8-12-17/h3-12,15,21,23,26H,13-14H2,1-2H3,(H2,29,30)(H,31,34)/b32-20-/t21?,26-/m1/s1. The number of anilines is 1. The molecule has 5 rings (SSSR count). The van der Waals surface area contributed by atoms with Gasteiger partial charge in [-0.3, -0.25) is 14.5 Å². The van der Waals surface area contributed by atoms with Gasteiger partial charge in [-0.05, 0) is 16.7 Å². The number of oxime groups is 1. The number of nitrogens with one attached hydrogen (secondary N) is 1. The lowest BCUT2D eigenvalue weighted by Gasteiger charge is -2.49. The number of thiazole rings is 1. The van der Waals surface area contributed by atoms with Crippen molar-refractivity contribution in [3.05, 3.63) is 94.1 Å². The Morgan fingerprint density at radius 3 is 2.34 bits per heavy atom. The van der Waals surface area contributed by atoms with Gasteiger partial charge in [0.15, 0.2) is 16.9 Å². The third-order valence-electron chi connectivity index (χ3n) is 6.44. The van der Waals surface area contributed by atoms with E-state index < -0.39 is 35.3 Å². The maximum atomic E-state index is 13.8. The van der Waals surface area contributed by atoms with E-state index >= 15 is 0 Å². The fraction of sp³-hybridized carbons (Fsp3) is 0.250. The molecule has 13 heteroatoms. The molecule has 1 saturated heterocycles. The molecule has 1 fully saturated rings. The van der Waals surface area contributed by atoms with E-state index in [9.17, 15) is 14.4 Å². The van der Waals surface area contributed by atoms with Gasteiger partial charge in [0.25, 0.3) is 11.8 Å². The Labute approximate surface area is 244 Å². The number of carbonyl (C=O) groups is 3. The molecule has 212 valence electrons. The molecule has 0 saturated carbocycles. The monoisotopic (exact) mass is 593 g/mol. The fourth-order valence-electron chi connectivity index (χ4n) is 4.61. The van der Waals surface area contributed by atoms with E-state index in [4.69, 9.17) is 20.0 Å². The highest BCUT2D eigenvalue weighted by Gasteiger charge is 2.55. The van der Waals surface area contributed by atoms with Crippen molar-refractivity contribution < 1.29 is 28.7 Å². The van der Waals surface area contributed by atoms with Gasteiger partial charge in [0.2, 0.25) is 0 Å². The Kier molecular flexibility index (Phi) is 8.67. The van der Waals surface area contributed by atoms with Crippen molar-refractivity contribution >= 4 is 51.7 Å². The Morgan fingerprint density at radius 2 is 1.78 bits per heavy atom. The molecule has 3 aromatic rings. The summed E-state index contributed by atoms with van der Waals surface area (Å²) < 4.78 is 11.4. The summed E-state index contributed by atoms with van der Waals surface area (Å²) in [7, 11) is 2.82. The Balaban J connectivity index is 1.39. The average Bonchev–Trinajstić information content (AvgIpc) is 3.43. The van der Waals surface area contributed by atoms with E-state index in [-0.39, 0.29) is 28.8 Å². The van der Waals surface area contributed by atoms with Crippen molar-refractivity contribution in [1.82, 2.24) is 15.2 Å². The van der Waals surface area contributed by atoms with Gasteiger partial charge in [0.05, 0.1) is 6.61 Å². The molecule has 3 heterocycles. The summed E-state index contributed by atoms with van der Waals surface area (Å²) >= 11 is 2.56. The number of β-lactam (4-membered cyclic amide) rings is 1. The van der Waals surface area contributed by atoms with Crippen LogP contribution in [0.1, 0.15) is 22.9 Å². The number of carbonyl (C=O) groups excluding carboxylic acids is 3. The largest absolute Gasteiger partial charge is 0.448 e. The lowest BCUT2D eigenvalue weighted by atomic mass is 10.0. The minimum atomic E-state index is -0.906. The number of amides is 2. The van der Waals surface area contributed by atoms with Crippen molar-refractivity contribution in [3.8, 4) is 0 Å². The molecule has 1 unspecified atom stereocenters. The maximum absolute atomic E-state index is 13.8. The first-order valence-electron chi connectivity index (χ1n) is 12.5. The average molecular weight is 594 g/mol. The smallest absolute Gasteiger partial charge is 0.356 e. The summed E-state index contributed by atoms with van der Waals surface area (Å²) in [5.74, 6) is -1.36. The SMILES string of the molecule is COCC1=C(C(=O)OC(c2ccccc2)c2ccccc2)N2C(=O)C(NC(=O)/C(=N\OC)c3csc(N)n3)[C@H]2SC1. The number of fused-ring (bicyclic) bond motifs is 1. The molecule has 2 atom stereocenters. The number of esters is 1. The summed E-state index contributed by atoms with van der Waals surface area (Å²) in [5, 5.41) is 7.78. The van der Waals surface area contributed by atoms with Gasteiger partial charge >= 0.3 is 5.97 Å². The number of nitrogens with two attached hydrogens (primary N) is 1. The number of thioether (sulfide) groups is 1. The van der Waals surface area contributed by atoms with Gasteiger partial charge in [0, 0.05) is 18.2 Å². The van der Waals surface area contributed by atoms with Crippen LogP contribution in [0.5, 0.6) is 0 Å². The fourth-order valence-corrected chi connectivity index (χ4v) is 6.48. The second-order valence-electron chi connectivity index (χ2n) is 9.05. The van der Waals surface area contributed by atoms with Crippen LogP contribution in [-0.4, -0.2) is 71.4 Å². The molecular weight excluding hydrogens is 566 g/mol. The van der Waals surface area contributed by atoms with E-state index in [1.54, 1.807) is 5.38 Å². The number of rotatable bonds is 10. The first kappa shape index (κ1) is 28.3.